The number of aryl methyl sites for hydroxylation is 1. The molecule has 16 heavy (non-hydrogen) atoms. The standard InChI is InChI=1S/C11H12Cl2O3/c1-2-16-10(14)4-3-7-5-8(12)11(15)9(13)6-7/h5-6,15H,2-4H2,1H3. The number of aromatic hydroxyl groups is 1. The summed E-state index contributed by atoms with van der Waals surface area (Å²) in [7, 11) is 0. The summed E-state index contributed by atoms with van der Waals surface area (Å²) in [5.41, 5.74) is 0.792. The Hall–Kier alpha value is -0.930. The molecule has 88 valence electrons. The lowest BCUT2D eigenvalue weighted by atomic mass is 10.1. The second-order valence-corrected chi connectivity index (χ2v) is 4.03. The number of phenolic OH excluding ortho intramolecular Hbond substituents is 1. The molecule has 1 aromatic carbocycles. The van der Waals surface area contributed by atoms with E-state index in [1.165, 1.54) is 0 Å². The number of rotatable bonds is 4. The number of carbonyl (C=O) groups excluding carboxylic acids is 1. The summed E-state index contributed by atoms with van der Waals surface area (Å²) in [6.45, 7) is 2.13. The van der Waals surface area contributed by atoms with Crippen LogP contribution in [0.1, 0.15) is 18.9 Å². The maximum absolute atomic E-state index is 11.1. The zero-order chi connectivity index (χ0) is 12.1. The predicted molar refractivity (Wildman–Crippen MR) is 63.1 cm³/mol. The molecule has 0 fully saturated rings. The van der Waals surface area contributed by atoms with Gasteiger partial charge in [-0.1, -0.05) is 23.2 Å². The van der Waals surface area contributed by atoms with Gasteiger partial charge in [0.25, 0.3) is 0 Å². The lowest BCUT2D eigenvalue weighted by molar-refractivity contribution is -0.143. The summed E-state index contributed by atoms with van der Waals surface area (Å²) in [5.74, 6) is -0.397. The van der Waals surface area contributed by atoms with Crippen LogP contribution in [0.2, 0.25) is 10.0 Å². The molecule has 0 heterocycles. The van der Waals surface area contributed by atoms with Crippen molar-refractivity contribution in [1.82, 2.24) is 0 Å². The molecule has 0 unspecified atom stereocenters. The van der Waals surface area contributed by atoms with Gasteiger partial charge in [-0.3, -0.25) is 4.79 Å². The van der Waals surface area contributed by atoms with Crippen LogP contribution in [0.5, 0.6) is 5.75 Å². The van der Waals surface area contributed by atoms with Gasteiger partial charge < -0.3 is 9.84 Å². The number of hydrogen-bond acceptors (Lipinski definition) is 3. The predicted octanol–water partition coefficient (Wildman–Crippen LogP) is 3.19. The van der Waals surface area contributed by atoms with Crippen molar-refractivity contribution < 1.29 is 14.6 Å². The van der Waals surface area contributed by atoms with Gasteiger partial charge in [-0.25, -0.2) is 0 Å². The molecule has 1 N–H and O–H groups in total. The van der Waals surface area contributed by atoms with Gasteiger partial charge in [-0.05, 0) is 31.0 Å². The lowest BCUT2D eigenvalue weighted by Crippen LogP contribution is -2.05. The Balaban J connectivity index is 2.65. The van der Waals surface area contributed by atoms with Crippen molar-refractivity contribution in [3.05, 3.63) is 27.7 Å². The monoisotopic (exact) mass is 262 g/mol. The van der Waals surface area contributed by atoms with Crippen LogP contribution in [0.25, 0.3) is 0 Å². The lowest BCUT2D eigenvalue weighted by Gasteiger charge is -2.05. The number of ether oxygens (including phenoxy) is 1. The first kappa shape index (κ1) is 13.1. The second kappa shape index (κ2) is 5.97. The molecule has 5 heteroatoms. The topological polar surface area (TPSA) is 46.5 Å². The van der Waals surface area contributed by atoms with Gasteiger partial charge >= 0.3 is 5.97 Å². The third-order valence-electron chi connectivity index (χ3n) is 2.00. The Labute approximate surface area is 104 Å². The molecule has 1 rings (SSSR count). The van der Waals surface area contributed by atoms with E-state index in [4.69, 9.17) is 27.9 Å². The van der Waals surface area contributed by atoms with Crippen LogP contribution < -0.4 is 0 Å². The smallest absolute Gasteiger partial charge is 0.306 e. The zero-order valence-electron chi connectivity index (χ0n) is 8.80. The summed E-state index contributed by atoms with van der Waals surface area (Å²) in [4.78, 5) is 11.1. The second-order valence-electron chi connectivity index (χ2n) is 3.21. The summed E-state index contributed by atoms with van der Waals surface area (Å²) >= 11 is 11.5. The molecule has 0 aliphatic heterocycles. The summed E-state index contributed by atoms with van der Waals surface area (Å²) in [6, 6.07) is 3.17. The van der Waals surface area contributed by atoms with Crippen LogP contribution in [-0.2, 0) is 16.0 Å². The van der Waals surface area contributed by atoms with Gasteiger partial charge in [-0.15, -0.1) is 0 Å². The largest absolute Gasteiger partial charge is 0.505 e. The van der Waals surface area contributed by atoms with Crippen LogP contribution in [0, 0.1) is 0 Å². The van der Waals surface area contributed by atoms with Gasteiger partial charge in [0.2, 0.25) is 0 Å². The molecule has 0 saturated heterocycles. The van der Waals surface area contributed by atoms with Crippen molar-refractivity contribution in [1.29, 1.82) is 0 Å². The van der Waals surface area contributed by atoms with E-state index in [-0.39, 0.29) is 28.2 Å². The molecule has 0 aromatic heterocycles. The van der Waals surface area contributed by atoms with Gasteiger partial charge in [-0.2, -0.15) is 0 Å². The quantitative estimate of drug-likeness (QED) is 0.848. The fourth-order valence-electron chi connectivity index (χ4n) is 1.24. The number of phenols is 1. The zero-order valence-corrected chi connectivity index (χ0v) is 10.3. The fraction of sp³-hybridized carbons (Fsp3) is 0.364. The highest BCUT2D eigenvalue weighted by Crippen LogP contribution is 2.32. The molecular formula is C11H12Cl2O3. The Kier molecular flexibility index (Phi) is 4.90. The maximum atomic E-state index is 11.1. The van der Waals surface area contributed by atoms with Crippen molar-refractivity contribution in [3.8, 4) is 5.75 Å². The van der Waals surface area contributed by atoms with E-state index in [1.807, 2.05) is 0 Å². The van der Waals surface area contributed by atoms with Crippen LogP contribution >= 0.6 is 23.2 Å². The SMILES string of the molecule is CCOC(=O)CCc1cc(Cl)c(O)c(Cl)c1. The van der Waals surface area contributed by atoms with Crippen LogP contribution in [0.3, 0.4) is 0 Å². The van der Waals surface area contributed by atoms with Gasteiger partial charge in [0, 0.05) is 6.42 Å². The number of esters is 1. The highest BCUT2D eigenvalue weighted by molar-refractivity contribution is 6.37. The molecule has 0 radical (unpaired) electrons. The van der Waals surface area contributed by atoms with E-state index < -0.39 is 0 Å². The van der Waals surface area contributed by atoms with Crippen molar-refractivity contribution in [2.45, 2.75) is 19.8 Å². The van der Waals surface area contributed by atoms with Crippen LogP contribution in [0.15, 0.2) is 12.1 Å². The highest BCUT2D eigenvalue weighted by atomic mass is 35.5. The molecule has 0 bridgehead atoms. The minimum absolute atomic E-state index is 0.136. The third-order valence-corrected chi connectivity index (χ3v) is 2.58. The first-order chi connectivity index (χ1) is 7.54. The van der Waals surface area contributed by atoms with E-state index in [0.29, 0.717) is 13.0 Å². The third kappa shape index (κ3) is 3.58. The minimum atomic E-state index is -0.261. The molecule has 0 amide bonds. The van der Waals surface area contributed by atoms with Crippen LogP contribution in [-0.4, -0.2) is 17.7 Å². The van der Waals surface area contributed by atoms with E-state index in [2.05, 4.69) is 0 Å². The highest BCUT2D eigenvalue weighted by Gasteiger charge is 2.08. The number of hydrogen-bond donors (Lipinski definition) is 1. The first-order valence-corrected chi connectivity index (χ1v) is 5.62. The average Bonchev–Trinajstić information content (AvgIpc) is 2.23. The average molecular weight is 263 g/mol. The summed E-state index contributed by atoms with van der Waals surface area (Å²) < 4.78 is 4.79. The molecule has 0 saturated carbocycles. The number of carbonyl (C=O) groups is 1. The molecule has 1 aromatic rings. The van der Waals surface area contributed by atoms with E-state index >= 15 is 0 Å². The van der Waals surface area contributed by atoms with Crippen molar-refractivity contribution in [2.24, 2.45) is 0 Å². The Morgan fingerprint density at radius 3 is 2.44 bits per heavy atom. The van der Waals surface area contributed by atoms with Gasteiger partial charge in [0.15, 0.2) is 5.75 Å². The van der Waals surface area contributed by atoms with Gasteiger partial charge in [0.05, 0.1) is 16.7 Å². The normalized spacial score (nSPS) is 10.2. The first-order valence-electron chi connectivity index (χ1n) is 4.87. The van der Waals surface area contributed by atoms with E-state index in [1.54, 1.807) is 19.1 Å². The molecule has 0 aliphatic rings. The molecule has 0 atom stereocenters. The number of benzene rings is 1. The summed E-state index contributed by atoms with van der Waals surface area (Å²) in [5, 5.41) is 9.71. The van der Waals surface area contributed by atoms with E-state index in [9.17, 15) is 9.90 Å². The van der Waals surface area contributed by atoms with Crippen molar-refractivity contribution >= 4 is 29.2 Å². The minimum Gasteiger partial charge on any atom is -0.505 e. The molecule has 3 nitrogen and oxygen atoms in total. The molecule has 0 aliphatic carbocycles. The Morgan fingerprint density at radius 1 is 1.38 bits per heavy atom. The van der Waals surface area contributed by atoms with Crippen LogP contribution in [0.4, 0.5) is 0 Å². The molecule has 0 spiro atoms. The fourth-order valence-corrected chi connectivity index (χ4v) is 1.77. The maximum Gasteiger partial charge on any atom is 0.306 e. The summed E-state index contributed by atoms with van der Waals surface area (Å²) in [6.07, 6.45) is 0.754. The van der Waals surface area contributed by atoms with Crippen molar-refractivity contribution in [3.63, 3.8) is 0 Å². The van der Waals surface area contributed by atoms with Crippen molar-refractivity contribution in [2.75, 3.05) is 6.61 Å². The van der Waals surface area contributed by atoms with E-state index in [0.717, 1.165) is 5.56 Å². The Bertz CT molecular complexity index is 368. The van der Waals surface area contributed by atoms with Gasteiger partial charge in [0.1, 0.15) is 0 Å². The molecular weight excluding hydrogens is 251 g/mol. The Morgan fingerprint density at radius 2 is 1.94 bits per heavy atom. The number of halogens is 2.